The van der Waals surface area contributed by atoms with E-state index in [2.05, 4.69) is 71.5 Å². The molecule has 0 spiro atoms. The van der Waals surface area contributed by atoms with Gasteiger partial charge < -0.3 is 62.8 Å². The van der Waals surface area contributed by atoms with Crippen LogP contribution in [0, 0.1) is 35.5 Å². The molecule has 4 aromatic carbocycles. The molecule has 90 heavy (non-hydrogen) atoms. The minimum atomic E-state index is -1.80. The molecule has 4 aliphatic rings. The Labute approximate surface area is 527 Å². The van der Waals surface area contributed by atoms with Crippen molar-refractivity contribution in [3.63, 3.8) is 0 Å². The fourth-order valence-corrected chi connectivity index (χ4v) is 13.1. The first-order chi connectivity index (χ1) is 43.7. The molecule has 4 aliphatic heterocycles. The number of carbonyl (C=O) groups excluding carboxylic acids is 9. The molecule has 4 aromatic rings. The molecule has 0 aliphatic carbocycles. The Bertz CT molecular complexity index is 3190. The van der Waals surface area contributed by atoms with Gasteiger partial charge in [0.2, 0.25) is 41.4 Å². The van der Waals surface area contributed by atoms with E-state index in [1.165, 1.54) is 4.90 Å². The van der Waals surface area contributed by atoms with E-state index in [1.807, 2.05) is 74.5 Å². The number of nitrogens with one attached hydrogen (secondary N) is 9. The molecule has 0 radical (unpaired) electrons. The lowest BCUT2D eigenvalue weighted by Crippen LogP contribution is -2.62. The van der Waals surface area contributed by atoms with Crippen molar-refractivity contribution >= 4 is 53.2 Å². The second-order valence-electron chi connectivity index (χ2n) is 23.4. The van der Waals surface area contributed by atoms with Crippen LogP contribution < -0.4 is 47.9 Å². The summed E-state index contributed by atoms with van der Waals surface area (Å²) in [5.41, 5.74) is 0.875. The lowest BCUT2D eigenvalue weighted by Gasteiger charge is -2.37. The molecule has 21 heteroatoms. The van der Waals surface area contributed by atoms with Gasteiger partial charge in [0.05, 0.1) is 18.1 Å². The monoisotopic (exact) mass is 1230 g/mol. The van der Waals surface area contributed by atoms with Crippen molar-refractivity contribution in [3.05, 3.63) is 144 Å². The molecule has 0 aromatic heterocycles. The van der Waals surface area contributed by atoms with Crippen molar-refractivity contribution in [1.29, 1.82) is 0 Å². The first-order valence-electron chi connectivity index (χ1n) is 31.5. The molecule has 0 unspecified atom stereocenters. The van der Waals surface area contributed by atoms with E-state index in [-0.39, 0.29) is 80.7 Å². The van der Waals surface area contributed by atoms with Gasteiger partial charge in [-0.25, -0.2) is 0 Å². The summed E-state index contributed by atoms with van der Waals surface area (Å²) < 4.78 is 0. The van der Waals surface area contributed by atoms with Crippen LogP contribution in [0.5, 0.6) is 0 Å². The fraction of sp³-hybridized carbons (Fsp3) is 0.464. The van der Waals surface area contributed by atoms with Gasteiger partial charge >= 0.3 is 0 Å². The van der Waals surface area contributed by atoms with E-state index in [0.29, 0.717) is 75.3 Å². The number of hydrogen-bond acceptors (Lipinski definition) is 12. The number of likely N-dealkylation sites (N-methyl/N-ethyl adjacent to an activating group) is 2. The highest BCUT2D eigenvalue weighted by Crippen LogP contribution is 2.38. The molecular weight excluding hydrogens is 1140 g/mol. The summed E-state index contributed by atoms with van der Waals surface area (Å²) in [4.78, 5) is 130. The number of aliphatic hydroxyl groups excluding tert-OH is 1. The van der Waals surface area contributed by atoms with Gasteiger partial charge in [-0.3, -0.25) is 43.2 Å². The predicted molar refractivity (Wildman–Crippen MR) is 338 cm³/mol. The van der Waals surface area contributed by atoms with E-state index in [4.69, 9.17) is 0 Å². The average molecular weight is 1230 g/mol. The zero-order chi connectivity index (χ0) is 64.2. The maximum Gasteiger partial charge on any atom is 0.296 e. The van der Waals surface area contributed by atoms with Gasteiger partial charge in [0, 0.05) is 68.9 Å². The molecule has 0 bridgehead atoms. The number of nitrogens with zero attached hydrogens (tertiary/aromatic N) is 2. The minimum Gasteiger partial charge on any atom is -0.396 e. The summed E-state index contributed by atoms with van der Waals surface area (Å²) in [6.45, 7) is 3.37. The molecule has 4 fully saturated rings. The quantitative estimate of drug-likeness (QED) is 0.0339. The molecule has 21 nitrogen and oxygen atoms in total. The maximum absolute atomic E-state index is 14.9. The molecule has 0 saturated carbocycles. The molecule has 4 heterocycles. The highest BCUT2D eigenvalue weighted by atomic mass is 16.3. The Morgan fingerprint density at radius 3 is 1.54 bits per heavy atom. The van der Waals surface area contributed by atoms with E-state index >= 15 is 0 Å². The number of fused-ring (bicyclic) bond motifs is 2. The lowest BCUT2D eigenvalue weighted by atomic mass is 9.81. The van der Waals surface area contributed by atoms with Gasteiger partial charge in [0.1, 0.15) is 24.2 Å². The SMILES string of the molecule is CC[C@H](NC)C(=O)N[C@@H]1C(=O)N2[C@@H](CC[C@@H]1CNC(=O)C#CC#CCCC(=O)NCCNC(=O)C(NC(=O)[C@@H]1CC[C@@H]3CC[C@H](CO)[C@H](NC(=O)[C@H](CC)NC)C(=O)N31)(c1ccccc1)c1ccccc1)CC[C@H]2C(=O)NC(c1ccccc1)c1ccccc1. The van der Waals surface area contributed by atoms with E-state index < -0.39 is 83.3 Å². The van der Waals surface area contributed by atoms with Crippen molar-refractivity contribution in [1.82, 2.24) is 57.7 Å². The summed E-state index contributed by atoms with van der Waals surface area (Å²) in [5, 5.41) is 37.0. The molecule has 8 rings (SSSR count). The molecule has 9 amide bonds. The summed E-state index contributed by atoms with van der Waals surface area (Å²) in [5.74, 6) is 5.24. The van der Waals surface area contributed by atoms with Crippen LogP contribution in [-0.2, 0) is 48.7 Å². The number of hydrogen-bond donors (Lipinski definition) is 10. The van der Waals surface area contributed by atoms with Crippen molar-refractivity contribution in [2.45, 2.75) is 151 Å². The standard InChI is InChI=1S/C69H85N11O10/c1-5-53(70-3)62(84)76-60-47(33-35-51-37-39-55(79(51)66(60)88)64(86)75-59(45-23-13-9-14-24-45)46-25-15-10-16-26-46)43-74-58(83)32-22-8-7-21-31-57(82)72-41-42-73-68(90)69(49-27-17-11-18-28-49,50-29-19-12-20-30-50)78-65(87)56-40-38-52-36-34-48(44-81)61(67(89)80(52)56)77-63(85)54(6-2)71-4/h9-20,23-30,47-48,51-56,59-61,70-71,81H,5-6,21,31,33-44H2,1-4H3,(H,72,82)(H,73,90)(H,74,83)(H,75,86)(H,76,84)(H,77,85)(H,78,87)/t47-,48-,51+,52+,53+,54+,55+,56+,60+,61+/m1/s1. The highest BCUT2D eigenvalue weighted by Gasteiger charge is 2.52. The van der Waals surface area contributed by atoms with Gasteiger partial charge in [0.15, 0.2) is 5.54 Å². The summed E-state index contributed by atoms with van der Waals surface area (Å²) in [6, 6.07) is 30.7. The number of rotatable bonds is 25. The third-order valence-corrected chi connectivity index (χ3v) is 18.0. The second-order valence-corrected chi connectivity index (χ2v) is 23.4. The molecule has 476 valence electrons. The molecular formula is C69H85N11O10. The first kappa shape index (κ1) is 67.0. The first-order valence-corrected chi connectivity index (χ1v) is 31.5. The Morgan fingerprint density at radius 1 is 0.578 bits per heavy atom. The zero-order valence-corrected chi connectivity index (χ0v) is 51.7. The fourth-order valence-electron chi connectivity index (χ4n) is 13.1. The van der Waals surface area contributed by atoms with Crippen LogP contribution in [0.2, 0.25) is 0 Å². The minimum absolute atomic E-state index is 0.0136. The Hall–Kier alpha value is -8.89. The largest absolute Gasteiger partial charge is 0.396 e. The number of benzene rings is 4. The Morgan fingerprint density at radius 2 is 1.04 bits per heavy atom. The average Bonchev–Trinajstić information content (AvgIpc) is 1.11. The van der Waals surface area contributed by atoms with Crippen LogP contribution in [0.3, 0.4) is 0 Å². The van der Waals surface area contributed by atoms with Crippen molar-refractivity contribution in [3.8, 4) is 23.7 Å². The van der Waals surface area contributed by atoms with Crippen molar-refractivity contribution in [2.75, 3.05) is 40.3 Å². The number of amides is 9. The lowest BCUT2D eigenvalue weighted by molar-refractivity contribution is -0.145. The Balaban J connectivity index is 0.857. The summed E-state index contributed by atoms with van der Waals surface area (Å²) in [6.07, 6.45) is 4.88. The van der Waals surface area contributed by atoms with E-state index in [1.54, 1.807) is 79.7 Å². The maximum atomic E-state index is 14.9. The van der Waals surface area contributed by atoms with Crippen LogP contribution in [0.4, 0.5) is 0 Å². The third kappa shape index (κ3) is 16.1. The van der Waals surface area contributed by atoms with Crippen LogP contribution >= 0.6 is 0 Å². The zero-order valence-electron chi connectivity index (χ0n) is 51.7. The van der Waals surface area contributed by atoms with Crippen molar-refractivity contribution < 1.29 is 48.3 Å². The summed E-state index contributed by atoms with van der Waals surface area (Å²) >= 11 is 0. The van der Waals surface area contributed by atoms with Crippen LogP contribution in [0.25, 0.3) is 0 Å². The van der Waals surface area contributed by atoms with Crippen molar-refractivity contribution in [2.24, 2.45) is 11.8 Å². The Kier molecular flexibility index (Phi) is 24.2. The van der Waals surface area contributed by atoms with Gasteiger partial charge in [-0.15, -0.1) is 0 Å². The van der Waals surface area contributed by atoms with Crippen LogP contribution in [-0.4, -0.2) is 157 Å². The van der Waals surface area contributed by atoms with Gasteiger partial charge in [0.25, 0.3) is 11.8 Å². The highest BCUT2D eigenvalue weighted by molar-refractivity contribution is 6.00. The smallest absolute Gasteiger partial charge is 0.296 e. The normalized spacial score (nSPS) is 21.8. The van der Waals surface area contributed by atoms with Gasteiger partial charge in [-0.1, -0.05) is 141 Å². The van der Waals surface area contributed by atoms with E-state index in [0.717, 1.165) is 11.1 Å². The van der Waals surface area contributed by atoms with Crippen LogP contribution in [0.1, 0.15) is 119 Å². The van der Waals surface area contributed by atoms with E-state index in [9.17, 15) is 48.3 Å². The summed E-state index contributed by atoms with van der Waals surface area (Å²) in [7, 11) is 3.32. The second kappa shape index (κ2) is 32.5. The topological polar surface area (TPSA) is 289 Å². The van der Waals surface area contributed by atoms with Crippen LogP contribution in [0.15, 0.2) is 121 Å². The number of aliphatic hydroxyl groups is 1. The van der Waals surface area contributed by atoms with Gasteiger partial charge in [-0.05, 0) is 112 Å². The molecule has 4 saturated heterocycles. The predicted octanol–water partition coefficient (Wildman–Crippen LogP) is 2.58. The van der Waals surface area contributed by atoms with Gasteiger partial charge in [-0.2, -0.15) is 0 Å². The molecule has 10 N–H and O–H groups in total. The molecule has 10 atom stereocenters. The number of carbonyl (C=O) groups is 9. The third-order valence-electron chi connectivity index (χ3n) is 18.0.